The molecule has 0 saturated heterocycles. The normalized spacial score (nSPS) is 14.8. The van der Waals surface area contributed by atoms with Crippen LogP contribution in [0.4, 0.5) is 5.69 Å². The zero-order valence-corrected chi connectivity index (χ0v) is 13.5. The molecular weight excluding hydrogens is 280 g/mol. The van der Waals surface area contributed by atoms with E-state index in [1.165, 1.54) is 0 Å². The molecule has 0 unspecified atom stereocenters. The average molecular weight is 304 g/mol. The van der Waals surface area contributed by atoms with Crippen LogP contribution in [0.1, 0.15) is 38.7 Å². The predicted molar refractivity (Wildman–Crippen MR) is 86.2 cm³/mol. The molecule has 0 fully saturated rings. The van der Waals surface area contributed by atoms with Crippen molar-refractivity contribution in [2.75, 3.05) is 18.1 Å². The molecule has 120 valence electrons. The van der Waals surface area contributed by atoms with E-state index in [0.717, 1.165) is 23.4 Å². The summed E-state index contributed by atoms with van der Waals surface area (Å²) in [4.78, 5) is 25.9. The Labute approximate surface area is 131 Å². The lowest BCUT2D eigenvalue weighted by molar-refractivity contribution is -0.125. The van der Waals surface area contributed by atoms with E-state index in [4.69, 9.17) is 4.74 Å². The van der Waals surface area contributed by atoms with Crippen LogP contribution in [0.15, 0.2) is 18.2 Å². The van der Waals surface area contributed by atoms with E-state index < -0.39 is 0 Å². The van der Waals surface area contributed by atoms with Gasteiger partial charge in [-0.25, -0.2) is 0 Å². The smallest absolute Gasteiger partial charge is 0.227 e. The van der Waals surface area contributed by atoms with Gasteiger partial charge in [0.25, 0.3) is 0 Å². The molecule has 5 heteroatoms. The maximum Gasteiger partial charge on any atom is 0.227 e. The summed E-state index contributed by atoms with van der Waals surface area (Å²) in [5, 5.41) is 2.88. The molecule has 5 nitrogen and oxygen atoms in total. The van der Waals surface area contributed by atoms with Crippen LogP contribution >= 0.6 is 0 Å². The largest absolute Gasteiger partial charge is 0.490 e. The van der Waals surface area contributed by atoms with E-state index >= 15 is 0 Å². The van der Waals surface area contributed by atoms with Crippen LogP contribution in [0, 0.1) is 6.92 Å². The van der Waals surface area contributed by atoms with Crippen molar-refractivity contribution in [2.24, 2.45) is 0 Å². The molecule has 1 heterocycles. The minimum atomic E-state index is -0.0691. The first kappa shape index (κ1) is 16.3. The van der Waals surface area contributed by atoms with E-state index in [9.17, 15) is 9.59 Å². The SMILES string of the molecule is CC[C@@H](C)NC(=O)CCC(=O)N1CCOc2ccc(C)cc21. The van der Waals surface area contributed by atoms with Gasteiger partial charge in [-0.2, -0.15) is 0 Å². The van der Waals surface area contributed by atoms with Crippen molar-refractivity contribution in [1.82, 2.24) is 5.32 Å². The van der Waals surface area contributed by atoms with E-state index in [2.05, 4.69) is 5.32 Å². The van der Waals surface area contributed by atoms with Gasteiger partial charge in [0, 0.05) is 18.9 Å². The Morgan fingerprint density at radius 3 is 2.86 bits per heavy atom. The fourth-order valence-corrected chi connectivity index (χ4v) is 2.39. The Balaban J connectivity index is 1.97. The topological polar surface area (TPSA) is 58.6 Å². The number of carbonyl (C=O) groups excluding carboxylic acids is 2. The summed E-state index contributed by atoms with van der Waals surface area (Å²) in [5.41, 5.74) is 1.88. The predicted octanol–water partition coefficient (Wildman–Crippen LogP) is 2.42. The Morgan fingerprint density at radius 2 is 2.14 bits per heavy atom. The van der Waals surface area contributed by atoms with Gasteiger partial charge in [0.2, 0.25) is 11.8 Å². The highest BCUT2D eigenvalue weighted by molar-refractivity contribution is 5.97. The van der Waals surface area contributed by atoms with Gasteiger partial charge in [-0.05, 0) is 38.0 Å². The second kappa shape index (κ2) is 7.29. The van der Waals surface area contributed by atoms with Crippen LogP contribution in [-0.4, -0.2) is 31.0 Å². The Morgan fingerprint density at radius 1 is 1.36 bits per heavy atom. The number of ether oxygens (including phenoxy) is 1. The van der Waals surface area contributed by atoms with Crippen LogP contribution in [0.3, 0.4) is 0 Å². The lowest BCUT2D eigenvalue weighted by atomic mass is 10.1. The molecule has 1 aromatic carbocycles. The highest BCUT2D eigenvalue weighted by Crippen LogP contribution is 2.32. The summed E-state index contributed by atoms with van der Waals surface area (Å²) in [6, 6.07) is 5.95. The van der Waals surface area contributed by atoms with Gasteiger partial charge in [0.15, 0.2) is 0 Å². The van der Waals surface area contributed by atoms with Gasteiger partial charge in [-0.1, -0.05) is 13.0 Å². The summed E-state index contributed by atoms with van der Waals surface area (Å²) in [6.45, 7) is 6.98. The van der Waals surface area contributed by atoms with Crippen molar-refractivity contribution in [3.05, 3.63) is 23.8 Å². The summed E-state index contributed by atoms with van der Waals surface area (Å²) in [7, 11) is 0. The number of fused-ring (bicyclic) bond motifs is 1. The first-order chi connectivity index (χ1) is 10.5. The quantitative estimate of drug-likeness (QED) is 0.909. The average Bonchev–Trinajstić information content (AvgIpc) is 2.51. The van der Waals surface area contributed by atoms with Crippen molar-refractivity contribution in [3.63, 3.8) is 0 Å². The first-order valence-electron chi connectivity index (χ1n) is 7.84. The van der Waals surface area contributed by atoms with E-state index in [1.54, 1.807) is 4.90 Å². The molecule has 0 saturated carbocycles. The second-order valence-electron chi connectivity index (χ2n) is 5.74. The Bertz CT molecular complexity index is 557. The number of anilines is 1. The molecule has 1 aromatic rings. The first-order valence-corrected chi connectivity index (χ1v) is 7.84. The number of hydrogen-bond donors (Lipinski definition) is 1. The van der Waals surface area contributed by atoms with Gasteiger partial charge in [0.1, 0.15) is 12.4 Å². The summed E-state index contributed by atoms with van der Waals surface area (Å²) in [6.07, 6.45) is 1.33. The van der Waals surface area contributed by atoms with Crippen molar-refractivity contribution < 1.29 is 14.3 Å². The van der Waals surface area contributed by atoms with Crippen LogP contribution in [0.25, 0.3) is 0 Å². The highest BCUT2D eigenvalue weighted by Gasteiger charge is 2.24. The fourth-order valence-electron chi connectivity index (χ4n) is 2.39. The molecule has 0 bridgehead atoms. The number of amides is 2. The minimum Gasteiger partial charge on any atom is -0.490 e. The number of hydrogen-bond acceptors (Lipinski definition) is 3. The molecule has 0 radical (unpaired) electrons. The van der Waals surface area contributed by atoms with Crippen LogP contribution in [0.5, 0.6) is 5.75 Å². The number of benzene rings is 1. The molecule has 1 atom stereocenters. The van der Waals surface area contributed by atoms with Gasteiger partial charge >= 0.3 is 0 Å². The van der Waals surface area contributed by atoms with Crippen molar-refractivity contribution in [3.8, 4) is 5.75 Å². The van der Waals surface area contributed by atoms with E-state index in [0.29, 0.717) is 13.2 Å². The van der Waals surface area contributed by atoms with Crippen LogP contribution in [-0.2, 0) is 9.59 Å². The molecule has 2 amide bonds. The Hall–Kier alpha value is -2.04. The van der Waals surface area contributed by atoms with Gasteiger partial charge in [-0.15, -0.1) is 0 Å². The molecule has 0 aliphatic carbocycles. The molecule has 0 spiro atoms. The molecule has 22 heavy (non-hydrogen) atoms. The Kier molecular flexibility index (Phi) is 5.41. The number of carbonyl (C=O) groups is 2. The lowest BCUT2D eigenvalue weighted by Crippen LogP contribution is -2.39. The van der Waals surface area contributed by atoms with E-state index in [-0.39, 0.29) is 30.7 Å². The number of nitrogens with zero attached hydrogens (tertiary/aromatic N) is 1. The monoisotopic (exact) mass is 304 g/mol. The fraction of sp³-hybridized carbons (Fsp3) is 0.529. The zero-order valence-electron chi connectivity index (χ0n) is 13.5. The van der Waals surface area contributed by atoms with Gasteiger partial charge < -0.3 is 15.0 Å². The van der Waals surface area contributed by atoms with Crippen molar-refractivity contribution >= 4 is 17.5 Å². The lowest BCUT2D eigenvalue weighted by Gasteiger charge is -2.30. The third-order valence-corrected chi connectivity index (χ3v) is 3.86. The number of rotatable bonds is 5. The third-order valence-electron chi connectivity index (χ3n) is 3.86. The van der Waals surface area contributed by atoms with Crippen LogP contribution in [0.2, 0.25) is 0 Å². The second-order valence-corrected chi connectivity index (χ2v) is 5.74. The molecule has 1 N–H and O–H groups in total. The van der Waals surface area contributed by atoms with Crippen molar-refractivity contribution in [2.45, 2.75) is 46.1 Å². The molecule has 2 rings (SSSR count). The third kappa shape index (κ3) is 4.00. The molecular formula is C17H24N2O3. The summed E-state index contributed by atoms with van der Waals surface area (Å²) >= 11 is 0. The standard InChI is InChI=1S/C17H24N2O3/c1-4-13(3)18-16(20)7-8-17(21)19-9-10-22-15-6-5-12(2)11-14(15)19/h5-6,11,13H,4,7-10H2,1-3H3,(H,18,20)/t13-/m1/s1. The molecule has 0 aromatic heterocycles. The maximum atomic E-state index is 12.4. The molecule has 1 aliphatic rings. The highest BCUT2D eigenvalue weighted by atomic mass is 16.5. The number of nitrogens with one attached hydrogen (secondary N) is 1. The zero-order chi connectivity index (χ0) is 16.1. The van der Waals surface area contributed by atoms with Crippen LogP contribution < -0.4 is 15.0 Å². The van der Waals surface area contributed by atoms with E-state index in [1.807, 2.05) is 39.0 Å². The summed E-state index contributed by atoms with van der Waals surface area (Å²) < 4.78 is 5.58. The van der Waals surface area contributed by atoms with Crippen molar-refractivity contribution in [1.29, 1.82) is 0 Å². The number of aryl methyl sites for hydroxylation is 1. The summed E-state index contributed by atoms with van der Waals surface area (Å²) in [5.74, 6) is 0.629. The molecule has 1 aliphatic heterocycles. The minimum absolute atomic E-state index is 0.0329. The maximum absolute atomic E-state index is 12.4. The van der Waals surface area contributed by atoms with Gasteiger partial charge in [0.05, 0.1) is 12.2 Å². The van der Waals surface area contributed by atoms with Gasteiger partial charge in [-0.3, -0.25) is 9.59 Å².